The van der Waals surface area contributed by atoms with Crippen molar-refractivity contribution in [2.75, 3.05) is 37.7 Å². The summed E-state index contributed by atoms with van der Waals surface area (Å²) in [5.74, 6) is 2.59. The first-order valence-corrected chi connectivity index (χ1v) is 7.05. The van der Waals surface area contributed by atoms with Crippen molar-refractivity contribution in [1.82, 2.24) is 10.2 Å². The lowest BCUT2D eigenvalue weighted by Crippen LogP contribution is -2.46. The molecule has 1 atom stereocenters. The van der Waals surface area contributed by atoms with Crippen molar-refractivity contribution in [3.8, 4) is 0 Å². The quantitative estimate of drug-likeness (QED) is 0.729. The number of nitrogens with zero attached hydrogens (tertiary/aromatic N) is 1. The van der Waals surface area contributed by atoms with E-state index in [2.05, 4.69) is 35.8 Å². The largest absolute Gasteiger partial charge is 0.311 e. The van der Waals surface area contributed by atoms with Gasteiger partial charge in [0.2, 0.25) is 0 Å². The average molecular weight is 216 g/mol. The molecule has 1 aliphatic heterocycles. The van der Waals surface area contributed by atoms with Crippen LogP contribution >= 0.6 is 11.8 Å². The minimum atomic E-state index is 0.729. The van der Waals surface area contributed by atoms with Crippen molar-refractivity contribution < 1.29 is 0 Å². The molecule has 0 spiro atoms. The topological polar surface area (TPSA) is 15.3 Å². The lowest BCUT2D eigenvalue weighted by molar-refractivity contribution is 0.249. The van der Waals surface area contributed by atoms with Gasteiger partial charge in [-0.1, -0.05) is 13.8 Å². The molecule has 1 saturated heterocycles. The summed E-state index contributed by atoms with van der Waals surface area (Å²) in [5.41, 5.74) is 0. The molecule has 1 rings (SSSR count). The Kier molecular flexibility index (Phi) is 6.65. The van der Waals surface area contributed by atoms with Crippen LogP contribution in [0, 0.1) is 0 Å². The summed E-state index contributed by atoms with van der Waals surface area (Å²) >= 11 is 2.09. The molecule has 0 saturated carbocycles. The maximum absolute atomic E-state index is 3.60. The Morgan fingerprint density at radius 2 is 2.00 bits per heavy atom. The van der Waals surface area contributed by atoms with Crippen LogP contribution in [0.15, 0.2) is 0 Å². The van der Waals surface area contributed by atoms with E-state index in [0.717, 1.165) is 6.04 Å². The maximum Gasteiger partial charge on any atom is 0.0285 e. The van der Waals surface area contributed by atoms with Crippen molar-refractivity contribution in [1.29, 1.82) is 0 Å². The van der Waals surface area contributed by atoms with Crippen LogP contribution in [0.4, 0.5) is 0 Å². The molecule has 0 bridgehead atoms. The fourth-order valence-electron chi connectivity index (χ4n) is 1.98. The van der Waals surface area contributed by atoms with Gasteiger partial charge in [-0.15, -0.1) is 0 Å². The molecule has 0 aromatic rings. The summed E-state index contributed by atoms with van der Waals surface area (Å²) < 4.78 is 0. The van der Waals surface area contributed by atoms with E-state index in [1.54, 1.807) is 0 Å². The fraction of sp³-hybridized carbons (Fsp3) is 1.00. The monoisotopic (exact) mass is 216 g/mol. The predicted octanol–water partition coefficient (Wildman–Crippen LogP) is 1.81. The van der Waals surface area contributed by atoms with E-state index in [1.165, 1.54) is 50.5 Å². The summed E-state index contributed by atoms with van der Waals surface area (Å²) in [6.45, 7) is 9.50. The van der Waals surface area contributed by atoms with E-state index < -0.39 is 0 Å². The zero-order chi connectivity index (χ0) is 10.2. The van der Waals surface area contributed by atoms with Crippen LogP contribution in [0.3, 0.4) is 0 Å². The average Bonchev–Trinajstić information content (AvgIpc) is 2.20. The van der Waals surface area contributed by atoms with Gasteiger partial charge in [-0.2, -0.15) is 11.8 Å². The van der Waals surface area contributed by atoms with E-state index in [-0.39, 0.29) is 0 Å². The zero-order valence-electron chi connectivity index (χ0n) is 9.59. The smallest absolute Gasteiger partial charge is 0.0285 e. The Morgan fingerprint density at radius 3 is 2.50 bits per heavy atom. The summed E-state index contributed by atoms with van der Waals surface area (Å²) in [6.07, 6.45) is 2.56. The second-order valence-corrected chi connectivity index (χ2v) is 5.18. The molecular weight excluding hydrogens is 192 g/mol. The molecule has 84 valence electrons. The second-order valence-electron chi connectivity index (χ2n) is 4.03. The van der Waals surface area contributed by atoms with Crippen LogP contribution in [0.5, 0.6) is 0 Å². The number of hydrogen-bond donors (Lipinski definition) is 1. The molecule has 0 aromatic carbocycles. The first-order valence-electron chi connectivity index (χ1n) is 5.90. The third-order valence-corrected chi connectivity index (χ3v) is 3.69. The third kappa shape index (κ3) is 4.67. The minimum Gasteiger partial charge on any atom is -0.311 e. The fourth-order valence-corrected chi connectivity index (χ4v) is 2.91. The number of hydrogen-bond acceptors (Lipinski definition) is 3. The van der Waals surface area contributed by atoms with E-state index in [1.807, 2.05) is 0 Å². The van der Waals surface area contributed by atoms with Crippen LogP contribution < -0.4 is 5.32 Å². The molecule has 0 aliphatic carbocycles. The first kappa shape index (κ1) is 12.3. The molecule has 0 radical (unpaired) electrons. The lowest BCUT2D eigenvalue weighted by atomic mass is 10.2. The Hall–Kier alpha value is 0.270. The highest BCUT2D eigenvalue weighted by atomic mass is 32.2. The molecule has 0 aromatic heterocycles. The van der Waals surface area contributed by atoms with Gasteiger partial charge in [-0.3, -0.25) is 0 Å². The number of thioether (sulfide) groups is 1. The second kappa shape index (κ2) is 7.55. The van der Waals surface area contributed by atoms with E-state index in [4.69, 9.17) is 0 Å². The lowest BCUT2D eigenvalue weighted by Gasteiger charge is -2.29. The van der Waals surface area contributed by atoms with Crippen LogP contribution in [0.25, 0.3) is 0 Å². The van der Waals surface area contributed by atoms with Gasteiger partial charge in [0, 0.05) is 30.6 Å². The Labute approximate surface area is 92.8 Å². The maximum atomic E-state index is 3.60. The first-order chi connectivity index (χ1) is 6.86. The Balaban J connectivity index is 2.21. The van der Waals surface area contributed by atoms with Gasteiger partial charge in [0.15, 0.2) is 0 Å². The highest BCUT2D eigenvalue weighted by Gasteiger charge is 2.15. The van der Waals surface area contributed by atoms with Gasteiger partial charge in [0.05, 0.1) is 0 Å². The normalized spacial score (nSPS) is 22.9. The van der Waals surface area contributed by atoms with E-state index >= 15 is 0 Å². The SMILES string of the molecule is CCCN(CCC)CC1CSCCN1. The van der Waals surface area contributed by atoms with Crippen molar-refractivity contribution in [3.05, 3.63) is 0 Å². The van der Waals surface area contributed by atoms with Crippen LogP contribution in [-0.2, 0) is 0 Å². The molecule has 2 nitrogen and oxygen atoms in total. The molecular formula is C11H24N2S. The van der Waals surface area contributed by atoms with E-state index in [0.29, 0.717) is 0 Å². The molecule has 1 N–H and O–H groups in total. The van der Waals surface area contributed by atoms with Crippen molar-refractivity contribution in [2.24, 2.45) is 0 Å². The van der Waals surface area contributed by atoms with Gasteiger partial charge < -0.3 is 10.2 Å². The summed E-state index contributed by atoms with van der Waals surface area (Å²) in [5, 5.41) is 3.60. The van der Waals surface area contributed by atoms with Crippen LogP contribution in [-0.4, -0.2) is 48.6 Å². The van der Waals surface area contributed by atoms with E-state index in [9.17, 15) is 0 Å². The minimum absolute atomic E-state index is 0.729. The third-order valence-electron chi connectivity index (χ3n) is 2.56. The van der Waals surface area contributed by atoms with Gasteiger partial charge >= 0.3 is 0 Å². The Morgan fingerprint density at radius 1 is 1.29 bits per heavy atom. The summed E-state index contributed by atoms with van der Waals surface area (Å²) in [7, 11) is 0. The highest BCUT2D eigenvalue weighted by Crippen LogP contribution is 2.09. The summed E-state index contributed by atoms with van der Waals surface area (Å²) in [6, 6.07) is 0.729. The van der Waals surface area contributed by atoms with Crippen LogP contribution in [0.1, 0.15) is 26.7 Å². The van der Waals surface area contributed by atoms with Crippen molar-refractivity contribution in [2.45, 2.75) is 32.7 Å². The van der Waals surface area contributed by atoms with Gasteiger partial charge in [-0.25, -0.2) is 0 Å². The molecule has 3 heteroatoms. The predicted molar refractivity (Wildman–Crippen MR) is 66.1 cm³/mol. The molecule has 1 unspecified atom stereocenters. The number of rotatable bonds is 6. The Bertz CT molecular complexity index is 129. The van der Waals surface area contributed by atoms with Gasteiger partial charge in [0.25, 0.3) is 0 Å². The van der Waals surface area contributed by atoms with Crippen molar-refractivity contribution in [3.63, 3.8) is 0 Å². The molecule has 1 fully saturated rings. The van der Waals surface area contributed by atoms with Crippen molar-refractivity contribution >= 4 is 11.8 Å². The molecule has 14 heavy (non-hydrogen) atoms. The number of nitrogens with one attached hydrogen (secondary N) is 1. The molecule has 1 aliphatic rings. The molecule has 1 heterocycles. The highest BCUT2D eigenvalue weighted by molar-refractivity contribution is 7.99. The van der Waals surface area contributed by atoms with Gasteiger partial charge in [0.1, 0.15) is 0 Å². The standard InChI is InChI=1S/C11H24N2S/c1-3-6-13(7-4-2)9-11-10-14-8-5-12-11/h11-12H,3-10H2,1-2H3. The zero-order valence-corrected chi connectivity index (χ0v) is 10.4. The summed E-state index contributed by atoms with van der Waals surface area (Å²) in [4.78, 5) is 2.60. The van der Waals surface area contributed by atoms with Crippen LogP contribution in [0.2, 0.25) is 0 Å². The van der Waals surface area contributed by atoms with Gasteiger partial charge in [-0.05, 0) is 25.9 Å². The molecule has 0 amide bonds.